The van der Waals surface area contributed by atoms with Crippen molar-refractivity contribution in [1.82, 2.24) is 0 Å². The molecule has 0 nitrogen and oxygen atoms in total. The van der Waals surface area contributed by atoms with E-state index in [1.165, 1.54) is 12.1 Å². The molecule has 1 radical (unpaired) electrons. The molecule has 57 valence electrons. The van der Waals surface area contributed by atoms with E-state index in [4.69, 9.17) is 19.4 Å². The first-order valence-electron chi connectivity index (χ1n) is 2.90. The van der Waals surface area contributed by atoms with E-state index in [0.717, 1.165) is 0 Å². The van der Waals surface area contributed by atoms with Crippen LogP contribution in [0.4, 0.5) is 4.39 Å². The van der Waals surface area contributed by atoms with Gasteiger partial charge in [-0.2, -0.15) is 0 Å². The molecule has 0 aliphatic rings. The Bertz CT molecular complexity index is 188. The summed E-state index contributed by atoms with van der Waals surface area (Å²) in [4.78, 5) is 0. The fourth-order valence-electron chi connectivity index (χ4n) is 0.537. The zero-order valence-electron chi connectivity index (χ0n) is 5.86. The van der Waals surface area contributed by atoms with Crippen molar-refractivity contribution in [2.75, 3.05) is 0 Å². The second kappa shape index (κ2) is 7.03. The number of hydrogen-bond acceptors (Lipinski definition) is 0. The molecular formula is C7H6Cl2FZn. The van der Waals surface area contributed by atoms with Gasteiger partial charge in [-0.3, -0.25) is 0 Å². The number of rotatable bonds is 0. The second-order valence-electron chi connectivity index (χ2n) is 1.73. The molecule has 0 aliphatic heterocycles. The van der Waals surface area contributed by atoms with Crippen LogP contribution < -0.4 is 0 Å². The maximum atomic E-state index is 12.1. The molecule has 0 aliphatic carbocycles. The number of hydrogen-bond donors (Lipinski definition) is 0. The summed E-state index contributed by atoms with van der Waals surface area (Å²) in [6.07, 6.45) is 0. The molecular weight excluding hydrogens is 239 g/mol. The SMILES string of the molecule is [CH2]c1cccc(F)c1.[Cl][Zn][Cl]. The Balaban J connectivity index is 0.000000292. The summed E-state index contributed by atoms with van der Waals surface area (Å²) < 4.78 is 12.1. The molecule has 0 unspecified atom stereocenters. The van der Waals surface area contributed by atoms with Crippen molar-refractivity contribution in [2.24, 2.45) is 0 Å². The van der Waals surface area contributed by atoms with Crippen molar-refractivity contribution >= 4 is 19.4 Å². The van der Waals surface area contributed by atoms with Gasteiger partial charge in [-0.15, -0.1) is 0 Å². The van der Waals surface area contributed by atoms with E-state index in [1.54, 1.807) is 12.1 Å². The minimum atomic E-state index is -0.931. The van der Waals surface area contributed by atoms with Crippen LogP contribution in [0, 0.1) is 12.7 Å². The summed E-state index contributed by atoms with van der Waals surface area (Å²) in [5, 5.41) is 0. The molecule has 0 saturated carbocycles. The van der Waals surface area contributed by atoms with Gasteiger partial charge in [-0.1, -0.05) is 12.1 Å². The van der Waals surface area contributed by atoms with Crippen LogP contribution in [0.25, 0.3) is 0 Å². The third kappa shape index (κ3) is 6.74. The Morgan fingerprint density at radius 1 is 1.36 bits per heavy atom. The molecule has 1 aromatic rings. The predicted molar refractivity (Wildman–Crippen MR) is 42.6 cm³/mol. The van der Waals surface area contributed by atoms with Crippen molar-refractivity contribution in [1.29, 1.82) is 0 Å². The van der Waals surface area contributed by atoms with Gasteiger partial charge in [0, 0.05) is 0 Å². The van der Waals surface area contributed by atoms with Crippen LogP contribution in [-0.2, 0) is 15.1 Å². The van der Waals surface area contributed by atoms with E-state index >= 15 is 0 Å². The van der Waals surface area contributed by atoms with Crippen LogP contribution in [-0.4, -0.2) is 0 Å². The second-order valence-corrected chi connectivity index (χ2v) is 6.35. The summed E-state index contributed by atoms with van der Waals surface area (Å²) in [6.45, 7) is 3.54. The van der Waals surface area contributed by atoms with E-state index in [-0.39, 0.29) is 5.82 Å². The molecule has 1 aromatic carbocycles. The van der Waals surface area contributed by atoms with E-state index in [1.807, 2.05) is 0 Å². The first-order chi connectivity index (χ1) is 5.20. The van der Waals surface area contributed by atoms with Crippen LogP contribution >= 0.6 is 19.4 Å². The molecule has 0 heterocycles. The van der Waals surface area contributed by atoms with E-state index in [0.29, 0.717) is 5.56 Å². The summed E-state index contributed by atoms with van der Waals surface area (Å²) in [5.74, 6) is -0.225. The summed E-state index contributed by atoms with van der Waals surface area (Å²) >= 11 is -0.931. The normalized spacial score (nSPS) is 7.64. The van der Waals surface area contributed by atoms with Crippen molar-refractivity contribution in [2.45, 2.75) is 0 Å². The van der Waals surface area contributed by atoms with E-state index in [2.05, 4.69) is 6.92 Å². The van der Waals surface area contributed by atoms with Crippen molar-refractivity contribution in [3.05, 3.63) is 42.6 Å². The van der Waals surface area contributed by atoms with Crippen LogP contribution in [0.3, 0.4) is 0 Å². The van der Waals surface area contributed by atoms with Crippen molar-refractivity contribution < 1.29 is 19.5 Å². The quantitative estimate of drug-likeness (QED) is 0.615. The van der Waals surface area contributed by atoms with Crippen LogP contribution in [0.15, 0.2) is 24.3 Å². The molecule has 0 spiro atoms. The van der Waals surface area contributed by atoms with Crippen LogP contribution in [0.5, 0.6) is 0 Å². The Kier molecular flexibility index (Phi) is 7.25. The van der Waals surface area contributed by atoms with Crippen molar-refractivity contribution in [3.8, 4) is 0 Å². The molecule has 0 amide bonds. The molecule has 0 bridgehead atoms. The molecule has 4 heteroatoms. The average molecular weight is 245 g/mol. The first-order valence-corrected chi connectivity index (χ1v) is 10.7. The van der Waals surface area contributed by atoms with E-state index in [9.17, 15) is 4.39 Å². The Morgan fingerprint density at radius 3 is 2.18 bits per heavy atom. The van der Waals surface area contributed by atoms with Gasteiger partial charge < -0.3 is 0 Å². The van der Waals surface area contributed by atoms with Gasteiger partial charge in [0.1, 0.15) is 5.82 Å². The zero-order valence-corrected chi connectivity index (χ0v) is 10.3. The Morgan fingerprint density at radius 2 is 1.91 bits per heavy atom. The van der Waals surface area contributed by atoms with Gasteiger partial charge in [0.15, 0.2) is 0 Å². The van der Waals surface area contributed by atoms with E-state index < -0.39 is 15.1 Å². The molecule has 11 heavy (non-hydrogen) atoms. The predicted octanol–water partition coefficient (Wildman–Crippen LogP) is 3.38. The van der Waals surface area contributed by atoms with Gasteiger partial charge in [0.05, 0.1) is 0 Å². The fourth-order valence-corrected chi connectivity index (χ4v) is 0.537. The third-order valence-electron chi connectivity index (χ3n) is 0.889. The van der Waals surface area contributed by atoms with Gasteiger partial charge in [0.2, 0.25) is 0 Å². The Labute approximate surface area is 81.4 Å². The molecule has 0 N–H and O–H groups in total. The molecule has 0 fully saturated rings. The summed E-state index contributed by atoms with van der Waals surface area (Å²) in [5.41, 5.74) is 0.713. The fraction of sp³-hybridized carbons (Fsp3) is 0. The third-order valence-corrected chi connectivity index (χ3v) is 0.889. The molecule has 1 rings (SSSR count). The number of halogens is 3. The van der Waals surface area contributed by atoms with Crippen LogP contribution in [0.1, 0.15) is 5.56 Å². The minimum absolute atomic E-state index is 0.225. The van der Waals surface area contributed by atoms with Crippen LogP contribution in [0.2, 0.25) is 0 Å². The monoisotopic (exact) mass is 243 g/mol. The molecule has 0 aromatic heterocycles. The number of benzene rings is 1. The van der Waals surface area contributed by atoms with Gasteiger partial charge in [0.25, 0.3) is 0 Å². The maximum absolute atomic E-state index is 12.1. The summed E-state index contributed by atoms with van der Waals surface area (Å²) in [6, 6.07) is 6.18. The Hall–Kier alpha value is 0.353. The zero-order chi connectivity index (χ0) is 8.69. The molecule has 0 atom stereocenters. The average Bonchev–Trinajstić information content (AvgIpc) is 1.88. The molecule has 0 saturated heterocycles. The van der Waals surface area contributed by atoms with Gasteiger partial charge >= 0.3 is 34.5 Å². The van der Waals surface area contributed by atoms with Gasteiger partial charge in [-0.25, -0.2) is 4.39 Å². The summed E-state index contributed by atoms with van der Waals surface area (Å²) in [7, 11) is 9.90. The van der Waals surface area contributed by atoms with Gasteiger partial charge in [-0.05, 0) is 24.6 Å². The first kappa shape index (κ1) is 11.4. The standard InChI is InChI=1S/C7H6F.2ClH.Zn/c1-6-3-2-4-7(8)5-6;;;/h2-5H,1H2;2*1H;/q;;;+2/p-2. The topological polar surface area (TPSA) is 0 Å². The van der Waals surface area contributed by atoms with Crippen molar-refractivity contribution in [3.63, 3.8) is 0 Å².